The van der Waals surface area contributed by atoms with Gasteiger partial charge in [-0.25, -0.2) is 0 Å². The molecule has 0 aromatic rings. The van der Waals surface area contributed by atoms with E-state index >= 15 is 0 Å². The van der Waals surface area contributed by atoms with Crippen LogP contribution in [0.15, 0.2) is 5.16 Å². The van der Waals surface area contributed by atoms with Gasteiger partial charge in [-0.05, 0) is 19.3 Å². The molecule has 6 heteroatoms. The zero-order valence-corrected chi connectivity index (χ0v) is 9.13. The van der Waals surface area contributed by atoms with Gasteiger partial charge in [0.25, 0.3) is 0 Å². The molecule has 1 atom stereocenters. The largest absolute Gasteiger partial charge is 0.480 e. The molecule has 82 valence electrons. The summed E-state index contributed by atoms with van der Waals surface area (Å²) in [5, 5.41) is 19.1. The number of hydrogen-bond acceptors (Lipinski definition) is 3. The van der Waals surface area contributed by atoms with Gasteiger partial charge in [0, 0.05) is 0 Å². The van der Waals surface area contributed by atoms with Crippen molar-refractivity contribution in [1.82, 2.24) is 0 Å². The minimum atomic E-state index is -0.980. The fourth-order valence-corrected chi connectivity index (χ4v) is 1.37. The van der Waals surface area contributed by atoms with Gasteiger partial charge in [0.15, 0.2) is 0 Å². The Balaban J connectivity index is 0.000000292. The third kappa shape index (κ3) is 6.05. The van der Waals surface area contributed by atoms with Crippen LogP contribution in [0.5, 0.6) is 0 Å². The van der Waals surface area contributed by atoms with Crippen molar-refractivity contribution in [3.8, 4) is 0 Å². The topological polar surface area (TPSA) is 69.9 Å². The summed E-state index contributed by atoms with van der Waals surface area (Å²) in [6, 6.07) is 0. The molecule has 0 radical (unpaired) electrons. The van der Waals surface area contributed by atoms with Crippen molar-refractivity contribution in [2.24, 2.45) is 5.16 Å². The van der Waals surface area contributed by atoms with Gasteiger partial charge >= 0.3 is 5.97 Å². The number of halogens is 2. The van der Waals surface area contributed by atoms with E-state index < -0.39 is 5.97 Å². The van der Waals surface area contributed by atoms with Crippen LogP contribution < -0.4 is 0 Å². The van der Waals surface area contributed by atoms with E-state index in [0.717, 1.165) is 31.4 Å². The van der Waals surface area contributed by atoms with Gasteiger partial charge in [-0.1, -0.05) is 11.6 Å². The minimum absolute atomic E-state index is 0.0104. The van der Waals surface area contributed by atoms with Crippen molar-refractivity contribution in [3.05, 3.63) is 0 Å². The van der Waals surface area contributed by atoms with Crippen LogP contribution in [0, 0.1) is 0 Å². The van der Waals surface area contributed by atoms with Gasteiger partial charge < -0.3 is 10.3 Å². The van der Waals surface area contributed by atoms with Crippen molar-refractivity contribution >= 4 is 34.9 Å². The second-order valence-electron chi connectivity index (χ2n) is 2.83. The molecular formula is C8H13Cl2NO3. The first-order chi connectivity index (χ1) is 6.61. The third-order valence-electron chi connectivity index (χ3n) is 1.74. The van der Waals surface area contributed by atoms with Crippen molar-refractivity contribution in [2.45, 2.75) is 31.1 Å². The van der Waals surface area contributed by atoms with Gasteiger partial charge in [0.2, 0.25) is 0 Å². The summed E-state index contributed by atoms with van der Waals surface area (Å²) in [5.41, 5.74) is 0.753. The molecule has 1 aliphatic rings. The fraction of sp³-hybridized carbons (Fsp3) is 0.750. The van der Waals surface area contributed by atoms with Crippen LogP contribution in [0.2, 0.25) is 0 Å². The highest BCUT2D eigenvalue weighted by atomic mass is 35.5. The van der Waals surface area contributed by atoms with E-state index in [1.165, 1.54) is 0 Å². The Hall–Kier alpha value is -0.480. The van der Waals surface area contributed by atoms with E-state index in [1.54, 1.807) is 0 Å². The van der Waals surface area contributed by atoms with E-state index in [2.05, 4.69) is 5.16 Å². The Morgan fingerprint density at radius 1 is 1.57 bits per heavy atom. The molecule has 1 fully saturated rings. The van der Waals surface area contributed by atoms with E-state index in [4.69, 9.17) is 33.5 Å². The summed E-state index contributed by atoms with van der Waals surface area (Å²) >= 11 is 10.5. The van der Waals surface area contributed by atoms with Crippen molar-refractivity contribution in [3.63, 3.8) is 0 Å². The molecule has 0 amide bonds. The molecule has 0 bridgehead atoms. The molecule has 1 rings (SSSR count). The molecule has 1 saturated carbocycles. The molecule has 4 nitrogen and oxygen atoms in total. The maximum atomic E-state index is 9.24. The number of aliphatic carboxylic acids is 1. The summed E-state index contributed by atoms with van der Waals surface area (Å²) in [7, 11) is 0. The second kappa shape index (κ2) is 7.88. The molecule has 14 heavy (non-hydrogen) atoms. The van der Waals surface area contributed by atoms with Crippen molar-refractivity contribution < 1.29 is 15.1 Å². The van der Waals surface area contributed by atoms with Crippen LogP contribution in [0.3, 0.4) is 0 Å². The van der Waals surface area contributed by atoms with E-state index in [1.807, 2.05) is 0 Å². The highest BCUT2D eigenvalue weighted by Crippen LogP contribution is 2.19. The Kier molecular flexibility index (Phi) is 7.61. The molecule has 0 aromatic carbocycles. The van der Waals surface area contributed by atoms with Crippen LogP contribution >= 0.6 is 23.2 Å². The molecule has 0 saturated heterocycles. The summed E-state index contributed by atoms with van der Waals surface area (Å²) in [5.74, 6) is -1.29. The van der Waals surface area contributed by atoms with Crippen LogP contribution in [0.1, 0.15) is 25.7 Å². The van der Waals surface area contributed by atoms with Crippen LogP contribution in [0.4, 0.5) is 0 Å². The number of rotatable bonds is 1. The van der Waals surface area contributed by atoms with E-state index in [9.17, 15) is 4.79 Å². The first kappa shape index (κ1) is 13.5. The van der Waals surface area contributed by atoms with Gasteiger partial charge in [0.05, 0.1) is 11.1 Å². The number of carbonyl (C=O) groups is 1. The molecule has 1 unspecified atom stereocenters. The molecule has 0 heterocycles. The predicted octanol–water partition coefficient (Wildman–Crippen LogP) is 2.31. The lowest BCUT2D eigenvalue weighted by Crippen LogP contribution is -2.18. The highest BCUT2D eigenvalue weighted by molar-refractivity contribution is 6.32. The molecule has 0 spiro atoms. The Morgan fingerprint density at radius 3 is 2.43 bits per heavy atom. The quantitative estimate of drug-likeness (QED) is 0.421. The number of nitrogens with zero attached hydrogens (tertiary/aromatic N) is 1. The fourth-order valence-electron chi connectivity index (χ4n) is 1.07. The zero-order valence-electron chi connectivity index (χ0n) is 7.62. The smallest absolute Gasteiger partial charge is 0.318 e. The molecule has 1 aliphatic carbocycles. The highest BCUT2D eigenvalue weighted by Gasteiger charge is 2.17. The molecule has 0 aliphatic heterocycles. The first-order valence-corrected chi connectivity index (χ1v) is 5.21. The van der Waals surface area contributed by atoms with Gasteiger partial charge in [-0.2, -0.15) is 0 Å². The van der Waals surface area contributed by atoms with Crippen molar-refractivity contribution in [2.75, 3.05) is 5.88 Å². The number of hydrogen-bond donors (Lipinski definition) is 2. The second-order valence-corrected chi connectivity index (χ2v) is 3.63. The summed E-state index contributed by atoms with van der Waals surface area (Å²) in [6.07, 6.45) is 4.10. The SMILES string of the molecule is O/N=C1/CCCCC1Cl.O=C(O)CCl. The Bertz CT molecular complexity index is 209. The lowest BCUT2D eigenvalue weighted by molar-refractivity contribution is -0.134. The number of carboxylic acids is 1. The predicted molar refractivity (Wildman–Crippen MR) is 55.7 cm³/mol. The molecule has 2 N–H and O–H groups in total. The van der Waals surface area contributed by atoms with Crippen molar-refractivity contribution in [1.29, 1.82) is 0 Å². The van der Waals surface area contributed by atoms with Crippen LogP contribution in [-0.4, -0.2) is 33.3 Å². The summed E-state index contributed by atoms with van der Waals surface area (Å²) in [4.78, 5) is 9.24. The monoisotopic (exact) mass is 241 g/mol. The lowest BCUT2D eigenvalue weighted by atomic mass is 9.98. The van der Waals surface area contributed by atoms with Gasteiger partial charge in [0.1, 0.15) is 5.88 Å². The number of alkyl halides is 2. The first-order valence-electron chi connectivity index (χ1n) is 4.24. The number of oxime groups is 1. The standard InChI is InChI=1S/C6H10ClNO.C2H3ClO2/c7-5-3-1-2-4-6(5)8-9;3-1-2(4)5/h5,9H,1-4H2;1H2,(H,4,5)/b8-6-;. The third-order valence-corrected chi connectivity index (χ3v) is 2.44. The van der Waals surface area contributed by atoms with Crippen LogP contribution in [0.25, 0.3) is 0 Å². The van der Waals surface area contributed by atoms with Gasteiger partial charge in [-0.3, -0.25) is 4.79 Å². The summed E-state index contributed by atoms with van der Waals surface area (Å²) < 4.78 is 0. The molecule has 0 aromatic heterocycles. The van der Waals surface area contributed by atoms with E-state index in [-0.39, 0.29) is 11.3 Å². The number of carboxylic acid groups (broad SMARTS) is 1. The zero-order chi connectivity index (χ0) is 11.0. The minimum Gasteiger partial charge on any atom is -0.480 e. The Labute approximate surface area is 92.5 Å². The van der Waals surface area contributed by atoms with Gasteiger partial charge in [-0.15, -0.1) is 23.2 Å². The summed E-state index contributed by atoms with van der Waals surface area (Å²) in [6.45, 7) is 0. The van der Waals surface area contributed by atoms with E-state index in [0.29, 0.717) is 0 Å². The Morgan fingerprint density at radius 2 is 2.14 bits per heavy atom. The lowest BCUT2D eigenvalue weighted by Gasteiger charge is -2.15. The average Bonchev–Trinajstić information content (AvgIpc) is 2.19. The molecular weight excluding hydrogens is 229 g/mol. The maximum Gasteiger partial charge on any atom is 0.318 e. The maximum absolute atomic E-state index is 9.24. The average molecular weight is 242 g/mol. The normalized spacial score (nSPS) is 23.9. The van der Waals surface area contributed by atoms with Crippen LogP contribution in [-0.2, 0) is 4.79 Å².